The van der Waals surface area contributed by atoms with E-state index in [4.69, 9.17) is 0 Å². The summed E-state index contributed by atoms with van der Waals surface area (Å²) in [6.45, 7) is 0.541. The molecule has 4 nitrogen and oxygen atoms in total. The predicted molar refractivity (Wildman–Crippen MR) is 104 cm³/mol. The second-order valence-corrected chi connectivity index (χ2v) is 6.52. The zero-order chi connectivity index (χ0) is 20.9. The van der Waals surface area contributed by atoms with Gasteiger partial charge in [-0.2, -0.15) is 13.2 Å². The zero-order valence-corrected chi connectivity index (χ0v) is 15.4. The molecule has 2 amide bonds. The van der Waals surface area contributed by atoms with Crippen LogP contribution in [0.15, 0.2) is 78.9 Å². The third-order valence-corrected chi connectivity index (χ3v) is 4.22. The van der Waals surface area contributed by atoms with Gasteiger partial charge in [0.15, 0.2) is 0 Å². The molecule has 0 aliphatic rings. The van der Waals surface area contributed by atoms with E-state index in [1.165, 1.54) is 4.90 Å². The van der Waals surface area contributed by atoms with Gasteiger partial charge in [-0.15, -0.1) is 0 Å². The summed E-state index contributed by atoms with van der Waals surface area (Å²) in [6.07, 6.45) is -4.63. The van der Waals surface area contributed by atoms with E-state index in [-0.39, 0.29) is 18.8 Å². The van der Waals surface area contributed by atoms with E-state index in [1.807, 2.05) is 60.7 Å². The van der Waals surface area contributed by atoms with Crippen LogP contribution in [0.3, 0.4) is 0 Å². The fraction of sp³-hybridized carbons (Fsp3) is 0.136. The normalized spacial score (nSPS) is 11.1. The van der Waals surface area contributed by atoms with E-state index in [9.17, 15) is 23.1 Å². The van der Waals surface area contributed by atoms with Crippen LogP contribution in [0.4, 0.5) is 23.7 Å². The Morgan fingerprint density at radius 1 is 0.862 bits per heavy atom. The van der Waals surface area contributed by atoms with E-state index >= 15 is 0 Å². The molecular weight excluding hydrogens is 381 g/mol. The van der Waals surface area contributed by atoms with Crippen molar-refractivity contribution in [1.29, 1.82) is 0 Å². The van der Waals surface area contributed by atoms with Gasteiger partial charge in [0.25, 0.3) is 0 Å². The van der Waals surface area contributed by atoms with Gasteiger partial charge in [-0.3, -0.25) is 0 Å². The van der Waals surface area contributed by atoms with E-state index in [0.717, 1.165) is 23.3 Å². The number of aromatic hydroxyl groups is 1. The highest BCUT2D eigenvalue weighted by Gasteiger charge is 2.31. The lowest BCUT2D eigenvalue weighted by Crippen LogP contribution is -2.34. The number of halogens is 3. The van der Waals surface area contributed by atoms with Gasteiger partial charge in [0.2, 0.25) is 0 Å². The molecule has 0 aliphatic carbocycles. The molecule has 0 radical (unpaired) electrons. The van der Waals surface area contributed by atoms with Crippen molar-refractivity contribution in [2.24, 2.45) is 0 Å². The van der Waals surface area contributed by atoms with E-state index in [1.54, 1.807) is 0 Å². The highest BCUT2D eigenvalue weighted by atomic mass is 19.4. The molecule has 0 bridgehead atoms. The number of amides is 2. The Kier molecular flexibility index (Phi) is 6.07. The number of rotatable bonds is 5. The van der Waals surface area contributed by atoms with Gasteiger partial charge in [0.05, 0.1) is 5.56 Å². The fourth-order valence-electron chi connectivity index (χ4n) is 2.86. The minimum absolute atomic E-state index is 0.131. The molecule has 0 atom stereocenters. The van der Waals surface area contributed by atoms with E-state index in [0.29, 0.717) is 6.07 Å². The SMILES string of the molecule is O=C(Nc1cc(O)cc(C(F)(F)F)c1)N(Cc1ccccc1)Cc1ccccc1. The van der Waals surface area contributed by atoms with Crippen LogP contribution in [0, 0.1) is 0 Å². The van der Waals surface area contributed by atoms with Gasteiger partial charge in [-0.05, 0) is 23.3 Å². The number of urea groups is 1. The number of carbonyl (C=O) groups excluding carboxylic acids is 1. The maximum atomic E-state index is 13.0. The van der Waals surface area contributed by atoms with E-state index < -0.39 is 23.5 Å². The Hall–Kier alpha value is -3.48. The lowest BCUT2D eigenvalue weighted by molar-refractivity contribution is -0.137. The number of alkyl halides is 3. The molecule has 0 fully saturated rings. The predicted octanol–water partition coefficient (Wildman–Crippen LogP) is 5.65. The van der Waals surface area contributed by atoms with Crippen molar-refractivity contribution in [2.45, 2.75) is 19.3 Å². The Morgan fingerprint density at radius 3 is 1.86 bits per heavy atom. The molecule has 0 aromatic heterocycles. The third kappa shape index (κ3) is 5.75. The van der Waals surface area contributed by atoms with Crippen LogP contribution in [0.5, 0.6) is 5.75 Å². The van der Waals surface area contributed by atoms with Crippen molar-refractivity contribution in [3.05, 3.63) is 95.6 Å². The third-order valence-electron chi connectivity index (χ3n) is 4.22. The van der Waals surface area contributed by atoms with Crippen LogP contribution < -0.4 is 5.32 Å². The van der Waals surface area contributed by atoms with Crippen molar-refractivity contribution < 1.29 is 23.1 Å². The van der Waals surface area contributed by atoms with Crippen molar-refractivity contribution in [2.75, 3.05) is 5.32 Å². The monoisotopic (exact) mass is 400 g/mol. The minimum Gasteiger partial charge on any atom is -0.508 e. The number of phenols is 1. The van der Waals surface area contributed by atoms with Crippen molar-refractivity contribution in [1.82, 2.24) is 4.90 Å². The first-order valence-corrected chi connectivity index (χ1v) is 8.86. The van der Waals surface area contributed by atoms with Crippen molar-refractivity contribution in [3.8, 4) is 5.75 Å². The maximum Gasteiger partial charge on any atom is 0.416 e. The molecule has 150 valence electrons. The highest BCUT2D eigenvalue weighted by molar-refractivity contribution is 5.89. The van der Waals surface area contributed by atoms with Gasteiger partial charge in [-0.25, -0.2) is 4.79 Å². The largest absolute Gasteiger partial charge is 0.508 e. The Morgan fingerprint density at radius 2 is 1.38 bits per heavy atom. The van der Waals surface area contributed by atoms with Gasteiger partial charge in [0, 0.05) is 24.8 Å². The minimum atomic E-state index is -4.63. The first-order chi connectivity index (χ1) is 13.8. The molecule has 3 aromatic carbocycles. The van der Waals surface area contributed by atoms with Crippen molar-refractivity contribution >= 4 is 11.7 Å². The quantitative estimate of drug-likeness (QED) is 0.582. The topological polar surface area (TPSA) is 52.6 Å². The summed E-state index contributed by atoms with van der Waals surface area (Å²) in [5.41, 5.74) is 0.592. The molecular formula is C22H19F3N2O2. The maximum absolute atomic E-state index is 13.0. The van der Waals surface area contributed by atoms with Crippen LogP contribution >= 0.6 is 0 Å². The molecule has 0 spiro atoms. The second kappa shape index (κ2) is 8.68. The number of anilines is 1. The molecule has 29 heavy (non-hydrogen) atoms. The number of carbonyl (C=O) groups is 1. The van der Waals surface area contributed by atoms with Crippen LogP contribution in [0.2, 0.25) is 0 Å². The lowest BCUT2D eigenvalue weighted by atomic mass is 10.1. The molecule has 3 aromatic rings. The summed E-state index contributed by atoms with van der Waals surface area (Å²) in [7, 11) is 0. The first kappa shape index (κ1) is 20.3. The van der Waals surface area contributed by atoms with Gasteiger partial charge in [0.1, 0.15) is 5.75 Å². The molecule has 0 unspecified atom stereocenters. The highest BCUT2D eigenvalue weighted by Crippen LogP contribution is 2.33. The molecule has 0 saturated heterocycles. The summed E-state index contributed by atoms with van der Waals surface area (Å²) in [4.78, 5) is 14.3. The standard InChI is InChI=1S/C22H19F3N2O2/c23-22(24,25)18-11-19(13-20(28)12-18)26-21(29)27(14-16-7-3-1-4-8-16)15-17-9-5-2-6-10-17/h1-13,28H,14-15H2,(H,26,29). The lowest BCUT2D eigenvalue weighted by Gasteiger charge is -2.24. The Bertz CT molecular complexity index is 919. The first-order valence-electron chi connectivity index (χ1n) is 8.86. The molecule has 7 heteroatoms. The summed E-state index contributed by atoms with van der Waals surface area (Å²) in [5, 5.41) is 12.1. The summed E-state index contributed by atoms with van der Waals surface area (Å²) in [5.74, 6) is -0.576. The van der Waals surface area contributed by atoms with Gasteiger partial charge < -0.3 is 15.3 Å². The summed E-state index contributed by atoms with van der Waals surface area (Å²) < 4.78 is 39.0. The molecule has 2 N–H and O–H groups in total. The fourth-order valence-corrected chi connectivity index (χ4v) is 2.86. The van der Waals surface area contributed by atoms with Crippen LogP contribution in [0.1, 0.15) is 16.7 Å². The number of benzene rings is 3. The molecule has 0 heterocycles. The van der Waals surface area contributed by atoms with Crippen LogP contribution in [-0.2, 0) is 19.3 Å². The molecule has 0 saturated carbocycles. The molecule has 0 aliphatic heterocycles. The molecule has 3 rings (SSSR count). The second-order valence-electron chi connectivity index (χ2n) is 6.52. The van der Waals surface area contributed by atoms with Gasteiger partial charge >= 0.3 is 12.2 Å². The van der Waals surface area contributed by atoms with Crippen molar-refractivity contribution in [3.63, 3.8) is 0 Å². The average molecular weight is 400 g/mol. The van der Waals surface area contributed by atoms with Gasteiger partial charge in [-0.1, -0.05) is 60.7 Å². The summed E-state index contributed by atoms with van der Waals surface area (Å²) >= 11 is 0. The number of phenolic OH excluding ortho intramolecular Hbond substituents is 1. The van der Waals surface area contributed by atoms with E-state index in [2.05, 4.69) is 5.32 Å². The number of hydrogen-bond acceptors (Lipinski definition) is 2. The van der Waals surface area contributed by atoms with Crippen LogP contribution in [-0.4, -0.2) is 16.0 Å². The Balaban J connectivity index is 1.83. The van der Waals surface area contributed by atoms with Crippen LogP contribution in [0.25, 0.3) is 0 Å². The number of hydrogen-bond donors (Lipinski definition) is 2. The smallest absolute Gasteiger partial charge is 0.416 e. The average Bonchev–Trinajstić information content (AvgIpc) is 2.68. The zero-order valence-electron chi connectivity index (χ0n) is 15.4. The number of nitrogens with zero attached hydrogens (tertiary/aromatic N) is 1. The Labute approximate surface area is 166 Å². The summed E-state index contributed by atoms with van der Waals surface area (Å²) in [6, 6.07) is 20.5. The number of nitrogens with one attached hydrogen (secondary N) is 1.